The van der Waals surface area contributed by atoms with E-state index in [0.717, 1.165) is 39.6 Å². The van der Waals surface area contributed by atoms with E-state index < -0.39 is 0 Å². The van der Waals surface area contributed by atoms with E-state index in [1.165, 1.54) is 0 Å². The van der Waals surface area contributed by atoms with Crippen LogP contribution in [0, 0.1) is 0 Å². The summed E-state index contributed by atoms with van der Waals surface area (Å²) in [6.45, 7) is 4.13. The fourth-order valence-corrected chi connectivity index (χ4v) is 3.99. The van der Waals surface area contributed by atoms with Crippen LogP contribution < -0.4 is 15.1 Å². The van der Waals surface area contributed by atoms with Gasteiger partial charge in [0.15, 0.2) is 0 Å². The van der Waals surface area contributed by atoms with Gasteiger partial charge in [0.05, 0.1) is 17.1 Å². The van der Waals surface area contributed by atoms with Crippen LogP contribution in [0.5, 0.6) is 11.5 Å². The molecule has 0 aliphatic carbocycles. The van der Waals surface area contributed by atoms with Crippen molar-refractivity contribution in [1.82, 2.24) is 0 Å². The highest BCUT2D eigenvalue weighted by molar-refractivity contribution is 9.10. The summed E-state index contributed by atoms with van der Waals surface area (Å²) >= 11 is 3.61. The lowest BCUT2D eigenvalue weighted by molar-refractivity contribution is 0.0838. The normalized spacial score (nSPS) is 15.4. The fourth-order valence-electron chi connectivity index (χ4n) is 3.42. The van der Waals surface area contributed by atoms with Gasteiger partial charge in [0.1, 0.15) is 22.7 Å². The quantitative estimate of drug-likeness (QED) is 0.531. The molecule has 0 amide bonds. The molecule has 1 aliphatic rings. The number of methoxy groups -OCH3 is 1. The summed E-state index contributed by atoms with van der Waals surface area (Å²) in [4.78, 5) is 12.7. The minimum absolute atomic E-state index is 0.235. The molecule has 3 aromatic rings. The predicted molar refractivity (Wildman–Crippen MR) is 105 cm³/mol. The van der Waals surface area contributed by atoms with Crippen molar-refractivity contribution in [2.75, 3.05) is 7.11 Å². The first-order chi connectivity index (χ1) is 12.4. The molecule has 0 unspecified atom stereocenters. The molecular weight excluding hydrogens is 396 g/mol. The van der Waals surface area contributed by atoms with E-state index in [-0.39, 0.29) is 11.2 Å². The Labute approximate surface area is 159 Å². The van der Waals surface area contributed by atoms with Gasteiger partial charge in [-0.2, -0.15) is 0 Å². The minimum Gasteiger partial charge on any atom is -0.496 e. The van der Waals surface area contributed by atoms with Crippen molar-refractivity contribution < 1.29 is 13.9 Å². The van der Waals surface area contributed by atoms with Crippen LogP contribution in [0.4, 0.5) is 0 Å². The summed E-state index contributed by atoms with van der Waals surface area (Å²) in [5.74, 6) is 1.41. The van der Waals surface area contributed by atoms with E-state index in [1.54, 1.807) is 7.11 Å². The Morgan fingerprint density at radius 3 is 2.69 bits per heavy atom. The van der Waals surface area contributed by atoms with E-state index in [1.807, 2.05) is 36.4 Å². The highest BCUT2D eigenvalue weighted by atomic mass is 79.9. The summed E-state index contributed by atoms with van der Waals surface area (Å²) in [6, 6.07) is 11.2. The van der Waals surface area contributed by atoms with E-state index in [0.29, 0.717) is 16.9 Å². The van der Waals surface area contributed by atoms with Gasteiger partial charge >= 0.3 is 5.63 Å². The maximum Gasteiger partial charge on any atom is 0.344 e. The SMILES string of the molecule is COc1ccccc1-c1cc2cc(Br)c3c(c2oc1=O)CCC(C)(C)O3. The minimum atomic E-state index is -0.378. The summed E-state index contributed by atoms with van der Waals surface area (Å²) in [6.07, 6.45) is 1.67. The Morgan fingerprint density at radius 1 is 1.15 bits per heavy atom. The van der Waals surface area contributed by atoms with Gasteiger partial charge in [0, 0.05) is 16.5 Å². The summed E-state index contributed by atoms with van der Waals surface area (Å²) in [7, 11) is 1.59. The van der Waals surface area contributed by atoms with Crippen LogP contribution in [0.1, 0.15) is 25.8 Å². The van der Waals surface area contributed by atoms with Crippen LogP contribution in [0.3, 0.4) is 0 Å². The number of hydrogen-bond acceptors (Lipinski definition) is 4. The molecule has 0 bridgehead atoms. The Kier molecular flexibility index (Phi) is 4.07. The molecule has 0 fully saturated rings. The Hall–Kier alpha value is -2.27. The third-order valence-corrected chi connectivity index (χ3v) is 5.37. The summed E-state index contributed by atoms with van der Waals surface area (Å²) in [5.41, 5.74) is 2.13. The predicted octanol–water partition coefficient (Wildman–Crippen LogP) is 5.33. The average molecular weight is 415 g/mol. The number of hydrogen-bond donors (Lipinski definition) is 0. The van der Waals surface area contributed by atoms with Crippen LogP contribution in [-0.2, 0) is 6.42 Å². The van der Waals surface area contributed by atoms with Gasteiger partial charge in [-0.3, -0.25) is 0 Å². The summed E-state index contributed by atoms with van der Waals surface area (Å²) in [5, 5.41) is 0.861. The zero-order chi connectivity index (χ0) is 18.5. The van der Waals surface area contributed by atoms with Gasteiger partial charge in [-0.25, -0.2) is 4.79 Å². The number of ether oxygens (including phenoxy) is 2. The molecule has 1 aliphatic heterocycles. The molecular formula is C21H19BrO4. The zero-order valence-electron chi connectivity index (χ0n) is 14.9. The van der Waals surface area contributed by atoms with E-state index >= 15 is 0 Å². The van der Waals surface area contributed by atoms with Crippen LogP contribution in [0.15, 0.2) is 50.1 Å². The van der Waals surface area contributed by atoms with Crippen molar-refractivity contribution in [3.63, 3.8) is 0 Å². The van der Waals surface area contributed by atoms with Crippen LogP contribution in [-0.4, -0.2) is 12.7 Å². The molecule has 0 spiro atoms. The smallest absolute Gasteiger partial charge is 0.344 e. The number of fused-ring (bicyclic) bond motifs is 3. The lowest BCUT2D eigenvalue weighted by Gasteiger charge is -2.33. The first-order valence-corrected chi connectivity index (χ1v) is 9.30. The van der Waals surface area contributed by atoms with Gasteiger partial charge in [-0.15, -0.1) is 0 Å². The van der Waals surface area contributed by atoms with Crippen molar-refractivity contribution in [2.45, 2.75) is 32.3 Å². The zero-order valence-corrected chi connectivity index (χ0v) is 16.5. The number of rotatable bonds is 2. The second kappa shape index (κ2) is 6.16. The molecule has 2 heterocycles. The van der Waals surface area contributed by atoms with Gasteiger partial charge in [-0.1, -0.05) is 18.2 Å². The molecule has 1 aromatic heterocycles. The Balaban J connectivity index is 1.96. The third kappa shape index (κ3) is 2.80. The van der Waals surface area contributed by atoms with Gasteiger partial charge in [0.25, 0.3) is 0 Å². The van der Waals surface area contributed by atoms with Crippen molar-refractivity contribution in [3.8, 4) is 22.6 Å². The molecule has 0 atom stereocenters. The second-order valence-corrected chi connectivity index (χ2v) is 7.95. The molecule has 0 radical (unpaired) electrons. The van der Waals surface area contributed by atoms with Gasteiger partial charge < -0.3 is 13.9 Å². The maximum atomic E-state index is 12.7. The highest BCUT2D eigenvalue weighted by Crippen LogP contribution is 2.43. The number of halogens is 1. The monoisotopic (exact) mass is 414 g/mol. The topological polar surface area (TPSA) is 48.7 Å². The molecule has 5 heteroatoms. The highest BCUT2D eigenvalue weighted by Gasteiger charge is 2.30. The number of para-hydroxylation sites is 1. The lowest BCUT2D eigenvalue weighted by Crippen LogP contribution is -2.32. The largest absolute Gasteiger partial charge is 0.496 e. The second-order valence-electron chi connectivity index (χ2n) is 7.09. The van der Waals surface area contributed by atoms with Crippen molar-refractivity contribution in [2.24, 2.45) is 0 Å². The number of benzene rings is 2. The Bertz CT molecular complexity index is 1070. The standard InChI is InChI=1S/C21H19BrO4/c1-21(2)9-8-14-18-12(11-16(22)19(14)26-21)10-15(20(23)25-18)13-6-4-5-7-17(13)24-3/h4-7,10-11H,8-9H2,1-3H3. The van der Waals surface area contributed by atoms with E-state index in [4.69, 9.17) is 13.9 Å². The summed E-state index contributed by atoms with van der Waals surface area (Å²) < 4.78 is 18.1. The van der Waals surface area contributed by atoms with Crippen molar-refractivity contribution >= 4 is 26.9 Å². The van der Waals surface area contributed by atoms with E-state index in [9.17, 15) is 4.79 Å². The molecule has 134 valence electrons. The number of aryl methyl sites for hydroxylation is 1. The molecule has 4 rings (SSSR count). The average Bonchev–Trinajstić information content (AvgIpc) is 2.61. The van der Waals surface area contributed by atoms with Crippen LogP contribution in [0.2, 0.25) is 0 Å². The van der Waals surface area contributed by atoms with Crippen molar-refractivity contribution in [3.05, 3.63) is 56.9 Å². The lowest BCUT2D eigenvalue weighted by atomic mass is 9.93. The molecule has 2 aromatic carbocycles. The Morgan fingerprint density at radius 2 is 1.92 bits per heavy atom. The molecule has 26 heavy (non-hydrogen) atoms. The van der Waals surface area contributed by atoms with Gasteiger partial charge in [-0.05, 0) is 60.8 Å². The maximum absolute atomic E-state index is 12.7. The van der Waals surface area contributed by atoms with Crippen LogP contribution in [0.25, 0.3) is 22.1 Å². The van der Waals surface area contributed by atoms with Crippen molar-refractivity contribution in [1.29, 1.82) is 0 Å². The molecule has 4 nitrogen and oxygen atoms in total. The van der Waals surface area contributed by atoms with E-state index in [2.05, 4.69) is 29.8 Å². The first-order valence-electron chi connectivity index (χ1n) is 8.51. The fraction of sp³-hybridized carbons (Fsp3) is 0.286. The molecule has 0 saturated carbocycles. The van der Waals surface area contributed by atoms with Crippen LogP contribution >= 0.6 is 15.9 Å². The van der Waals surface area contributed by atoms with Gasteiger partial charge in [0.2, 0.25) is 0 Å². The first kappa shape index (κ1) is 17.2. The third-order valence-electron chi connectivity index (χ3n) is 4.78. The molecule has 0 saturated heterocycles. The molecule has 0 N–H and O–H groups in total.